The van der Waals surface area contributed by atoms with Gasteiger partial charge in [-0.2, -0.15) is 0 Å². The normalized spacial score (nSPS) is 11.2. The molecule has 6 nitrogen and oxygen atoms in total. The Balaban J connectivity index is 1.32. The van der Waals surface area contributed by atoms with E-state index in [2.05, 4.69) is 5.32 Å². The van der Waals surface area contributed by atoms with Gasteiger partial charge in [-0.15, -0.1) is 22.7 Å². The smallest absolute Gasteiger partial charge is 0.267 e. The number of aromatic nitrogens is 1. The SMILES string of the molecule is COc1cccc(-c2cc(-c3ccccc3)c3c(N)c(C(=O)Nc4ccc(C(=O)C=Cc5cccs5)cc4)sc3n2)c1. The molecule has 0 aliphatic carbocycles. The summed E-state index contributed by atoms with van der Waals surface area (Å²) in [6, 6.07) is 30.3. The molecule has 0 aliphatic rings. The molecule has 1 amide bonds. The number of rotatable bonds is 8. The van der Waals surface area contributed by atoms with E-state index in [0.29, 0.717) is 26.6 Å². The quantitative estimate of drug-likeness (QED) is 0.138. The molecule has 0 spiro atoms. The number of nitrogens with zero attached hydrogens (tertiary/aromatic N) is 1. The summed E-state index contributed by atoms with van der Waals surface area (Å²) in [5.74, 6) is 0.281. The maximum atomic E-state index is 13.4. The summed E-state index contributed by atoms with van der Waals surface area (Å²) in [4.78, 5) is 32.9. The molecule has 0 bridgehead atoms. The summed E-state index contributed by atoms with van der Waals surface area (Å²) in [7, 11) is 1.63. The second-order valence-electron chi connectivity index (χ2n) is 9.42. The molecule has 42 heavy (non-hydrogen) atoms. The third kappa shape index (κ3) is 5.58. The van der Waals surface area contributed by atoms with Crippen LogP contribution in [-0.4, -0.2) is 23.8 Å². The molecular formula is C34H25N3O3S2. The number of nitrogens with one attached hydrogen (secondary N) is 1. The number of ketones is 1. The van der Waals surface area contributed by atoms with E-state index in [1.165, 1.54) is 11.3 Å². The van der Waals surface area contributed by atoms with Crippen LogP contribution in [0.1, 0.15) is 24.9 Å². The zero-order valence-corrected chi connectivity index (χ0v) is 24.2. The highest BCUT2D eigenvalue weighted by molar-refractivity contribution is 7.21. The minimum absolute atomic E-state index is 0.110. The number of thiophene rings is 2. The van der Waals surface area contributed by atoms with Gasteiger partial charge in [0.1, 0.15) is 15.5 Å². The van der Waals surface area contributed by atoms with Crippen LogP contribution in [0, 0.1) is 0 Å². The van der Waals surface area contributed by atoms with Crippen LogP contribution in [0.15, 0.2) is 109 Å². The molecule has 0 aliphatic heterocycles. The zero-order valence-electron chi connectivity index (χ0n) is 22.5. The lowest BCUT2D eigenvalue weighted by Gasteiger charge is -2.10. The van der Waals surface area contributed by atoms with Crippen LogP contribution in [0.5, 0.6) is 5.75 Å². The average Bonchev–Trinajstić information content (AvgIpc) is 3.68. The van der Waals surface area contributed by atoms with Crippen molar-refractivity contribution in [3.8, 4) is 28.1 Å². The first-order chi connectivity index (χ1) is 20.5. The van der Waals surface area contributed by atoms with Crippen LogP contribution >= 0.6 is 22.7 Å². The molecule has 206 valence electrons. The minimum Gasteiger partial charge on any atom is -0.497 e. The van der Waals surface area contributed by atoms with Crippen molar-refractivity contribution in [3.63, 3.8) is 0 Å². The summed E-state index contributed by atoms with van der Waals surface area (Å²) in [6.45, 7) is 0. The molecule has 3 N–H and O–H groups in total. The van der Waals surface area contributed by atoms with Crippen LogP contribution in [0.2, 0.25) is 0 Å². The first kappa shape index (κ1) is 27.1. The highest BCUT2D eigenvalue weighted by Crippen LogP contribution is 2.41. The molecule has 3 aromatic carbocycles. The van der Waals surface area contributed by atoms with E-state index in [1.54, 1.807) is 54.9 Å². The Morgan fingerprint density at radius 3 is 2.43 bits per heavy atom. The van der Waals surface area contributed by atoms with E-state index in [-0.39, 0.29) is 11.7 Å². The number of hydrogen-bond acceptors (Lipinski definition) is 7. The van der Waals surface area contributed by atoms with Crippen molar-refractivity contribution in [3.05, 3.63) is 124 Å². The number of fused-ring (bicyclic) bond motifs is 1. The van der Waals surface area contributed by atoms with Crippen molar-refractivity contribution in [2.75, 3.05) is 18.2 Å². The number of carbonyl (C=O) groups is 2. The number of benzene rings is 3. The monoisotopic (exact) mass is 587 g/mol. The second kappa shape index (κ2) is 11.8. The standard InChI is InChI=1S/C34H25N3O3S2/c1-40-25-10-5-9-23(19-25)28-20-27(21-7-3-2-4-8-21)30-31(35)32(42-34(30)37-28)33(39)36-24-14-12-22(13-15-24)29(38)17-16-26-11-6-18-41-26/h2-20H,35H2,1H3,(H,36,39). The maximum absolute atomic E-state index is 13.4. The maximum Gasteiger partial charge on any atom is 0.267 e. The third-order valence-corrected chi connectivity index (χ3v) is 8.66. The molecular weight excluding hydrogens is 563 g/mol. The molecule has 8 heteroatoms. The predicted octanol–water partition coefficient (Wildman–Crippen LogP) is 8.43. The van der Waals surface area contributed by atoms with Crippen LogP contribution in [0.4, 0.5) is 11.4 Å². The van der Waals surface area contributed by atoms with Gasteiger partial charge in [0, 0.05) is 27.1 Å². The summed E-state index contributed by atoms with van der Waals surface area (Å²) < 4.78 is 5.42. The molecule has 0 radical (unpaired) electrons. The van der Waals surface area contributed by atoms with Crippen molar-refractivity contribution in [2.45, 2.75) is 0 Å². The average molecular weight is 588 g/mol. The highest BCUT2D eigenvalue weighted by atomic mass is 32.1. The first-order valence-corrected chi connectivity index (χ1v) is 14.8. The topological polar surface area (TPSA) is 94.3 Å². The van der Waals surface area contributed by atoms with E-state index in [1.807, 2.05) is 78.2 Å². The number of pyridine rings is 1. The Morgan fingerprint density at radius 2 is 1.69 bits per heavy atom. The Morgan fingerprint density at radius 1 is 0.905 bits per heavy atom. The lowest BCUT2D eigenvalue weighted by atomic mass is 9.99. The second-order valence-corrected chi connectivity index (χ2v) is 11.4. The van der Waals surface area contributed by atoms with Crippen molar-refractivity contribution in [1.82, 2.24) is 4.98 Å². The van der Waals surface area contributed by atoms with Gasteiger partial charge >= 0.3 is 0 Å². The van der Waals surface area contributed by atoms with Gasteiger partial charge in [-0.05, 0) is 77.2 Å². The summed E-state index contributed by atoms with van der Waals surface area (Å²) in [5, 5.41) is 5.62. The van der Waals surface area contributed by atoms with Crippen LogP contribution < -0.4 is 15.8 Å². The number of allylic oxidation sites excluding steroid dienone is 1. The number of methoxy groups -OCH3 is 1. The zero-order chi connectivity index (χ0) is 29.1. The van der Waals surface area contributed by atoms with Gasteiger partial charge in [0.2, 0.25) is 0 Å². The first-order valence-electron chi connectivity index (χ1n) is 13.1. The lowest BCUT2D eigenvalue weighted by Crippen LogP contribution is -2.12. The molecule has 0 unspecified atom stereocenters. The molecule has 0 saturated carbocycles. The minimum atomic E-state index is -0.339. The summed E-state index contributed by atoms with van der Waals surface area (Å²) in [5.41, 5.74) is 11.6. The van der Waals surface area contributed by atoms with Crippen molar-refractivity contribution >= 4 is 62.0 Å². The van der Waals surface area contributed by atoms with Crippen molar-refractivity contribution < 1.29 is 14.3 Å². The Labute approximate surface area is 250 Å². The van der Waals surface area contributed by atoms with Gasteiger partial charge in [-0.3, -0.25) is 9.59 Å². The molecule has 0 saturated heterocycles. The van der Waals surface area contributed by atoms with Crippen LogP contribution in [0.3, 0.4) is 0 Å². The number of nitrogens with two attached hydrogens (primary N) is 1. The fraction of sp³-hybridized carbons (Fsp3) is 0.0294. The summed E-state index contributed by atoms with van der Waals surface area (Å²) >= 11 is 2.82. The fourth-order valence-electron chi connectivity index (χ4n) is 4.61. The van der Waals surface area contributed by atoms with E-state index in [9.17, 15) is 9.59 Å². The number of anilines is 2. The van der Waals surface area contributed by atoms with Gasteiger partial charge in [-0.25, -0.2) is 4.98 Å². The molecule has 3 aromatic heterocycles. The Kier molecular flexibility index (Phi) is 7.64. The third-order valence-electron chi connectivity index (χ3n) is 6.72. The largest absolute Gasteiger partial charge is 0.497 e. The number of amides is 1. The van der Waals surface area contributed by atoms with Gasteiger partial charge in [-0.1, -0.05) is 48.5 Å². The molecule has 3 heterocycles. The van der Waals surface area contributed by atoms with Crippen molar-refractivity contribution in [1.29, 1.82) is 0 Å². The number of ether oxygens (including phenoxy) is 1. The molecule has 0 fully saturated rings. The van der Waals surface area contributed by atoms with Crippen LogP contribution in [-0.2, 0) is 0 Å². The van der Waals surface area contributed by atoms with E-state index < -0.39 is 0 Å². The van der Waals surface area contributed by atoms with Gasteiger partial charge in [0.15, 0.2) is 5.78 Å². The van der Waals surface area contributed by atoms with Gasteiger partial charge < -0.3 is 15.8 Å². The fourth-order valence-corrected chi connectivity index (χ4v) is 6.24. The van der Waals surface area contributed by atoms with Gasteiger partial charge in [0.05, 0.1) is 18.5 Å². The van der Waals surface area contributed by atoms with Gasteiger partial charge in [0.25, 0.3) is 5.91 Å². The molecule has 0 atom stereocenters. The lowest BCUT2D eigenvalue weighted by molar-refractivity contribution is 0.102. The van der Waals surface area contributed by atoms with E-state index in [0.717, 1.165) is 38.4 Å². The molecule has 6 rings (SSSR count). The van der Waals surface area contributed by atoms with Crippen molar-refractivity contribution in [2.24, 2.45) is 0 Å². The number of nitrogen functional groups attached to an aromatic ring is 1. The highest BCUT2D eigenvalue weighted by Gasteiger charge is 2.22. The number of carbonyl (C=O) groups excluding carboxylic acids is 2. The van der Waals surface area contributed by atoms with Crippen LogP contribution in [0.25, 0.3) is 38.7 Å². The predicted molar refractivity (Wildman–Crippen MR) is 174 cm³/mol. The number of hydrogen-bond donors (Lipinski definition) is 2. The Bertz CT molecular complexity index is 1930. The van der Waals surface area contributed by atoms with E-state index >= 15 is 0 Å². The molecule has 6 aromatic rings. The Hall–Kier alpha value is -5.05. The summed E-state index contributed by atoms with van der Waals surface area (Å²) in [6.07, 6.45) is 3.35. The van der Waals surface area contributed by atoms with E-state index in [4.69, 9.17) is 15.5 Å².